The van der Waals surface area contributed by atoms with Crippen LogP contribution in [0, 0.1) is 5.92 Å². The van der Waals surface area contributed by atoms with Crippen molar-refractivity contribution in [3.05, 3.63) is 0 Å². The first kappa shape index (κ1) is 10.7. The smallest absolute Gasteiger partial charge is 0.239 e. The summed E-state index contributed by atoms with van der Waals surface area (Å²) in [5.41, 5.74) is 0. The van der Waals surface area contributed by atoms with Crippen LogP contribution in [0.4, 0.5) is 11.1 Å². The Bertz CT molecular complexity index is 304. The van der Waals surface area contributed by atoms with Crippen LogP contribution in [0.5, 0.6) is 0 Å². The fourth-order valence-corrected chi connectivity index (χ4v) is 2.22. The van der Waals surface area contributed by atoms with Gasteiger partial charge in [0.1, 0.15) is 0 Å². The topological polar surface area (TPSA) is 41.1 Å². The molecule has 5 heteroatoms. The van der Waals surface area contributed by atoms with Gasteiger partial charge in [-0.05, 0) is 18.8 Å². The Morgan fingerprint density at radius 3 is 2.80 bits per heavy atom. The van der Waals surface area contributed by atoms with Crippen molar-refractivity contribution in [2.75, 3.05) is 29.9 Å². The largest absolute Gasteiger partial charge is 0.360 e. The number of nitrogens with zero attached hydrogens (tertiary/aromatic N) is 3. The van der Waals surface area contributed by atoms with Crippen molar-refractivity contribution in [1.82, 2.24) is 9.36 Å². The van der Waals surface area contributed by atoms with Gasteiger partial charge in [0, 0.05) is 31.2 Å². The van der Waals surface area contributed by atoms with Gasteiger partial charge in [-0.15, -0.1) is 0 Å². The maximum Gasteiger partial charge on any atom is 0.239 e. The molecule has 0 aromatic carbocycles. The highest BCUT2D eigenvalue weighted by Gasteiger charge is 2.16. The second-order valence-electron chi connectivity index (χ2n) is 4.37. The van der Waals surface area contributed by atoms with E-state index in [1.807, 2.05) is 0 Å². The first-order valence-corrected chi connectivity index (χ1v) is 6.35. The summed E-state index contributed by atoms with van der Waals surface area (Å²) in [4.78, 5) is 6.75. The van der Waals surface area contributed by atoms with Crippen molar-refractivity contribution in [3.8, 4) is 0 Å². The van der Waals surface area contributed by atoms with Gasteiger partial charge in [-0.1, -0.05) is 13.8 Å². The van der Waals surface area contributed by atoms with Gasteiger partial charge in [-0.2, -0.15) is 9.36 Å². The first-order valence-electron chi connectivity index (χ1n) is 5.58. The lowest BCUT2D eigenvalue weighted by molar-refractivity contribution is 0.688. The lowest BCUT2D eigenvalue weighted by atomic mass is 10.2. The highest BCUT2D eigenvalue weighted by atomic mass is 32.1. The van der Waals surface area contributed by atoms with Crippen LogP contribution in [-0.4, -0.2) is 29.0 Å². The van der Waals surface area contributed by atoms with Gasteiger partial charge in [0.15, 0.2) is 0 Å². The molecule has 15 heavy (non-hydrogen) atoms. The number of nitrogens with one attached hydrogen (secondary N) is 1. The second kappa shape index (κ2) is 4.79. The fraction of sp³-hybridized carbons (Fsp3) is 0.800. The first-order chi connectivity index (χ1) is 7.25. The molecule has 0 unspecified atom stereocenters. The standard InChI is InChI=1S/C10H18N4S/c1-8(2)7-11-10-12-9(13-15-10)14-5-3-4-6-14/h8H,3-7H2,1-2H3,(H,11,12,13). The summed E-state index contributed by atoms with van der Waals surface area (Å²) in [5, 5.41) is 4.26. The lowest BCUT2D eigenvalue weighted by Gasteiger charge is -2.11. The Balaban J connectivity index is 1.91. The van der Waals surface area contributed by atoms with Gasteiger partial charge in [0.25, 0.3) is 0 Å². The summed E-state index contributed by atoms with van der Waals surface area (Å²) < 4.78 is 4.37. The van der Waals surface area contributed by atoms with Crippen LogP contribution < -0.4 is 10.2 Å². The third-order valence-corrected chi connectivity index (χ3v) is 3.13. The molecule has 0 radical (unpaired) electrons. The molecule has 4 nitrogen and oxygen atoms in total. The van der Waals surface area contributed by atoms with Gasteiger partial charge in [-0.25, -0.2) is 0 Å². The quantitative estimate of drug-likeness (QED) is 0.854. The molecule has 0 amide bonds. The average molecular weight is 226 g/mol. The Labute approximate surface area is 94.9 Å². The van der Waals surface area contributed by atoms with Gasteiger partial charge in [-0.3, -0.25) is 0 Å². The molecule has 0 aliphatic carbocycles. The van der Waals surface area contributed by atoms with E-state index >= 15 is 0 Å². The Morgan fingerprint density at radius 1 is 1.40 bits per heavy atom. The molecule has 0 bridgehead atoms. The number of anilines is 2. The average Bonchev–Trinajstić information content (AvgIpc) is 2.85. The van der Waals surface area contributed by atoms with Crippen molar-refractivity contribution in [1.29, 1.82) is 0 Å². The third kappa shape index (κ3) is 2.81. The predicted molar refractivity (Wildman–Crippen MR) is 64.7 cm³/mol. The molecule has 1 aliphatic rings. The molecule has 1 fully saturated rings. The van der Waals surface area contributed by atoms with Crippen molar-refractivity contribution in [2.24, 2.45) is 5.92 Å². The highest BCUT2D eigenvalue weighted by molar-refractivity contribution is 7.09. The van der Waals surface area contributed by atoms with Gasteiger partial charge >= 0.3 is 0 Å². The normalized spacial score (nSPS) is 16.3. The molecule has 1 aromatic heterocycles. The number of hydrogen-bond acceptors (Lipinski definition) is 5. The molecule has 1 N–H and O–H groups in total. The van der Waals surface area contributed by atoms with Crippen LogP contribution in [0.25, 0.3) is 0 Å². The van der Waals surface area contributed by atoms with Crippen molar-refractivity contribution < 1.29 is 0 Å². The monoisotopic (exact) mass is 226 g/mol. The van der Waals surface area contributed by atoms with Gasteiger partial charge < -0.3 is 10.2 Å². The van der Waals surface area contributed by atoms with E-state index in [0.717, 1.165) is 30.7 Å². The van der Waals surface area contributed by atoms with Crippen molar-refractivity contribution in [2.45, 2.75) is 26.7 Å². The predicted octanol–water partition coefficient (Wildman–Crippen LogP) is 2.21. The fourth-order valence-electron chi connectivity index (χ4n) is 1.62. The molecular formula is C10H18N4S. The van der Waals surface area contributed by atoms with E-state index in [1.54, 1.807) is 0 Å². The highest BCUT2D eigenvalue weighted by Crippen LogP contribution is 2.21. The van der Waals surface area contributed by atoms with Crippen LogP contribution in [0.3, 0.4) is 0 Å². The minimum atomic E-state index is 0.643. The Morgan fingerprint density at radius 2 is 2.13 bits per heavy atom. The molecular weight excluding hydrogens is 208 g/mol. The molecule has 0 saturated carbocycles. The molecule has 1 aromatic rings. The molecule has 0 spiro atoms. The van der Waals surface area contributed by atoms with Crippen LogP contribution in [-0.2, 0) is 0 Å². The zero-order chi connectivity index (χ0) is 10.7. The number of rotatable bonds is 4. The minimum Gasteiger partial charge on any atom is -0.360 e. The minimum absolute atomic E-state index is 0.643. The summed E-state index contributed by atoms with van der Waals surface area (Å²) in [6.07, 6.45) is 2.54. The Kier molecular flexibility index (Phi) is 3.41. The van der Waals surface area contributed by atoms with Crippen molar-refractivity contribution in [3.63, 3.8) is 0 Å². The number of hydrogen-bond donors (Lipinski definition) is 1. The summed E-state index contributed by atoms with van der Waals surface area (Å²) in [6, 6.07) is 0. The van der Waals surface area contributed by atoms with Crippen LogP contribution in [0.1, 0.15) is 26.7 Å². The molecule has 0 atom stereocenters. The number of aromatic nitrogens is 2. The van der Waals surface area contributed by atoms with Crippen LogP contribution in [0.2, 0.25) is 0 Å². The van der Waals surface area contributed by atoms with E-state index in [1.165, 1.54) is 24.4 Å². The Hall–Kier alpha value is -0.840. The summed E-state index contributed by atoms with van der Waals surface area (Å²) >= 11 is 1.46. The van der Waals surface area contributed by atoms with E-state index in [2.05, 4.69) is 33.4 Å². The van der Waals surface area contributed by atoms with Gasteiger partial charge in [0.05, 0.1) is 0 Å². The molecule has 2 heterocycles. The van der Waals surface area contributed by atoms with E-state index in [-0.39, 0.29) is 0 Å². The summed E-state index contributed by atoms with van der Waals surface area (Å²) in [5.74, 6) is 1.55. The molecule has 84 valence electrons. The van der Waals surface area contributed by atoms with Gasteiger partial charge in [0.2, 0.25) is 11.1 Å². The zero-order valence-electron chi connectivity index (χ0n) is 9.36. The van der Waals surface area contributed by atoms with Crippen LogP contribution in [0.15, 0.2) is 0 Å². The van der Waals surface area contributed by atoms with Crippen molar-refractivity contribution >= 4 is 22.6 Å². The molecule has 2 rings (SSSR count). The second-order valence-corrected chi connectivity index (χ2v) is 5.12. The summed E-state index contributed by atoms with van der Waals surface area (Å²) in [6.45, 7) is 7.57. The van der Waals surface area contributed by atoms with E-state index < -0.39 is 0 Å². The maximum atomic E-state index is 4.49. The zero-order valence-corrected chi connectivity index (χ0v) is 10.2. The van der Waals surface area contributed by atoms with E-state index in [4.69, 9.17) is 0 Å². The SMILES string of the molecule is CC(C)CNc1nc(N2CCCC2)ns1. The van der Waals surface area contributed by atoms with E-state index in [9.17, 15) is 0 Å². The molecule has 1 saturated heterocycles. The molecule has 1 aliphatic heterocycles. The van der Waals surface area contributed by atoms with Crippen LogP contribution >= 0.6 is 11.5 Å². The maximum absolute atomic E-state index is 4.49. The van der Waals surface area contributed by atoms with E-state index in [0.29, 0.717) is 5.92 Å². The third-order valence-electron chi connectivity index (χ3n) is 2.47. The summed E-state index contributed by atoms with van der Waals surface area (Å²) in [7, 11) is 0. The lowest BCUT2D eigenvalue weighted by Crippen LogP contribution is -2.19.